The van der Waals surface area contributed by atoms with Crippen molar-refractivity contribution in [2.75, 3.05) is 38.0 Å². The van der Waals surface area contributed by atoms with Crippen molar-refractivity contribution in [3.8, 4) is 0 Å². The minimum atomic E-state index is -0.950. The number of amides is 1. The molecule has 3 N–H and O–H groups in total. The van der Waals surface area contributed by atoms with Gasteiger partial charge in [0.05, 0.1) is 6.04 Å². The molecule has 1 aromatic carbocycles. The van der Waals surface area contributed by atoms with Gasteiger partial charge in [-0.25, -0.2) is 9.78 Å². The number of fused-ring (bicyclic) bond motifs is 1. The molecule has 4 heterocycles. The van der Waals surface area contributed by atoms with Crippen LogP contribution in [0.4, 0.5) is 5.82 Å². The third-order valence-electron chi connectivity index (χ3n) is 8.37. The van der Waals surface area contributed by atoms with Crippen LogP contribution in [0.2, 0.25) is 0 Å². The van der Waals surface area contributed by atoms with Crippen molar-refractivity contribution in [2.24, 2.45) is 5.92 Å². The van der Waals surface area contributed by atoms with Crippen molar-refractivity contribution in [1.82, 2.24) is 20.1 Å². The number of benzene rings is 1. The molecule has 204 valence electrons. The molecule has 1 aromatic heterocycles. The van der Waals surface area contributed by atoms with Gasteiger partial charge in [0.25, 0.3) is 0 Å². The van der Waals surface area contributed by atoms with Crippen LogP contribution in [0.3, 0.4) is 0 Å². The largest absolute Gasteiger partial charge is 0.480 e. The Bertz CT molecular complexity index is 1090. The molecule has 5 rings (SSSR count). The molecule has 38 heavy (non-hydrogen) atoms. The first-order valence-corrected chi connectivity index (χ1v) is 14.3. The van der Waals surface area contributed by atoms with Gasteiger partial charge in [0, 0.05) is 31.9 Å². The van der Waals surface area contributed by atoms with Gasteiger partial charge in [-0.15, -0.1) is 0 Å². The zero-order valence-corrected chi connectivity index (χ0v) is 22.3. The van der Waals surface area contributed by atoms with E-state index in [0.717, 1.165) is 76.2 Å². The number of hydrogen-bond donors (Lipinski definition) is 3. The number of carboxylic acids is 1. The Labute approximate surface area is 225 Å². The topological polar surface area (TPSA) is 97.8 Å². The Balaban J connectivity index is 1.06. The van der Waals surface area contributed by atoms with Crippen molar-refractivity contribution in [2.45, 2.75) is 70.0 Å². The standard InChI is InChI=1S/C30H41N5O3/c36-29(27-9-5-17-35(27)21-22-6-2-1-3-7-22)33-26(30(37)38)15-19-34-18-14-23(20-34)10-12-25-13-11-24-8-4-16-31-28(24)32-25/h1-3,6-7,11,13,23,26-27H,4-5,8-10,12,14-21H2,(H,31,32)(H,33,36)(H,37,38)/t23-,26?,27+/m1/s1. The molecule has 0 aliphatic carbocycles. The summed E-state index contributed by atoms with van der Waals surface area (Å²) in [6.07, 6.45) is 7.63. The summed E-state index contributed by atoms with van der Waals surface area (Å²) in [5.41, 5.74) is 3.65. The van der Waals surface area contributed by atoms with Crippen LogP contribution in [0.5, 0.6) is 0 Å². The van der Waals surface area contributed by atoms with Gasteiger partial charge in [0.1, 0.15) is 11.9 Å². The molecule has 1 unspecified atom stereocenters. The summed E-state index contributed by atoms with van der Waals surface area (Å²) in [7, 11) is 0. The molecule has 8 heteroatoms. The van der Waals surface area contributed by atoms with Crippen LogP contribution in [-0.2, 0) is 29.0 Å². The summed E-state index contributed by atoms with van der Waals surface area (Å²) in [5.74, 6) is 0.555. The summed E-state index contributed by atoms with van der Waals surface area (Å²) < 4.78 is 0. The normalized spacial score (nSPS) is 22.5. The molecular weight excluding hydrogens is 478 g/mol. The molecule has 3 aliphatic heterocycles. The summed E-state index contributed by atoms with van der Waals surface area (Å²) in [6.45, 7) is 5.23. The molecule has 1 amide bonds. The van der Waals surface area contributed by atoms with E-state index < -0.39 is 12.0 Å². The van der Waals surface area contributed by atoms with Crippen LogP contribution in [0.25, 0.3) is 0 Å². The maximum atomic E-state index is 13.1. The van der Waals surface area contributed by atoms with Crippen LogP contribution in [0, 0.1) is 5.92 Å². The summed E-state index contributed by atoms with van der Waals surface area (Å²) >= 11 is 0. The lowest BCUT2D eigenvalue weighted by atomic mass is 10.00. The minimum absolute atomic E-state index is 0.155. The number of anilines is 1. The lowest BCUT2D eigenvalue weighted by molar-refractivity contribution is -0.142. The fourth-order valence-corrected chi connectivity index (χ4v) is 6.18. The molecule has 3 atom stereocenters. The number of nitrogens with zero attached hydrogens (tertiary/aromatic N) is 3. The first kappa shape index (κ1) is 26.6. The number of pyridine rings is 1. The number of aryl methyl sites for hydroxylation is 2. The van der Waals surface area contributed by atoms with E-state index >= 15 is 0 Å². The number of carbonyl (C=O) groups is 2. The number of aliphatic carboxylic acids is 1. The maximum absolute atomic E-state index is 13.1. The van der Waals surface area contributed by atoms with Gasteiger partial charge in [0.2, 0.25) is 5.91 Å². The Kier molecular flexibility index (Phi) is 8.91. The van der Waals surface area contributed by atoms with E-state index in [1.807, 2.05) is 18.2 Å². The van der Waals surface area contributed by atoms with Gasteiger partial charge in [0.15, 0.2) is 0 Å². The van der Waals surface area contributed by atoms with E-state index in [4.69, 9.17) is 4.98 Å². The maximum Gasteiger partial charge on any atom is 0.326 e. The fourth-order valence-electron chi connectivity index (χ4n) is 6.18. The van der Waals surface area contributed by atoms with Gasteiger partial charge < -0.3 is 20.6 Å². The lowest BCUT2D eigenvalue weighted by Gasteiger charge is -2.26. The summed E-state index contributed by atoms with van der Waals surface area (Å²) in [4.78, 5) is 34.4. The molecule has 0 radical (unpaired) electrons. The predicted molar refractivity (Wildman–Crippen MR) is 148 cm³/mol. The van der Waals surface area contributed by atoms with E-state index in [1.54, 1.807) is 0 Å². The van der Waals surface area contributed by atoms with Crippen LogP contribution in [0.15, 0.2) is 42.5 Å². The highest BCUT2D eigenvalue weighted by atomic mass is 16.4. The first-order valence-electron chi connectivity index (χ1n) is 14.3. The zero-order chi connectivity index (χ0) is 26.3. The van der Waals surface area contributed by atoms with E-state index in [-0.39, 0.29) is 11.9 Å². The van der Waals surface area contributed by atoms with E-state index in [1.165, 1.54) is 17.5 Å². The van der Waals surface area contributed by atoms with E-state index in [2.05, 4.69) is 44.7 Å². The van der Waals surface area contributed by atoms with Crippen molar-refractivity contribution in [1.29, 1.82) is 0 Å². The summed E-state index contributed by atoms with van der Waals surface area (Å²) in [6, 6.07) is 13.4. The fraction of sp³-hybridized carbons (Fsp3) is 0.567. The molecular formula is C30H41N5O3. The highest BCUT2D eigenvalue weighted by molar-refractivity contribution is 5.87. The number of likely N-dealkylation sites (tertiary alicyclic amines) is 2. The number of hydrogen-bond acceptors (Lipinski definition) is 6. The highest BCUT2D eigenvalue weighted by Gasteiger charge is 2.33. The molecule has 2 saturated heterocycles. The van der Waals surface area contributed by atoms with Gasteiger partial charge in [-0.05, 0) is 87.6 Å². The number of carboxylic acid groups (broad SMARTS) is 1. The molecule has 2 aromatic rings. The van der Waals surface area contributed by atoms with Crippen molar-refractivity contribution >= 4 is 17.7 Å². The van der Waals surface area contributed by atoms with Crippen LogP contribution >= 0.6 is 0 Å². The third kappa shape index (κ3) is 6.91. The number of carbonyl (C=O) groups excluding carboxylic acids is 1. The molecule has 0 spiro atoms. The second-order valence-electron chi connectivity index (χ2n) is 11.1. The zero-order valence-electron chi connectivity index (χ0n) is 22.3. The second kappa shape index (κ2) is 12.7. The average Bonchev–Trinajstić information content (AvgIpc) is 3.59. The van der Waals surface area contributed by atoms with Crippen molar-refractivity contribution < 1.29 is 14.7 Å². The number of aromatic nitrogens is 1. The van der Waals surface area contributed by atoms with Crippen LogP contribution in [0.1, 0.15) is 55.3 Å². The SMILES string of the molecule is O=C(O)C(CCN1CC[C@@H](CCc2ccc3c(n2)NCCC3)C1)NC(=O)[C@@H]1CCCN1Cc1ccccc1. The van der Waals surface area contributed by atoms with Gasteiger partial charge >= 0.3 is 5.97 Å². The molecule has 0 saturated carbocycles. The van der Waals surface area contributed by atoms with Crippen molar-refractivity contribution in [3.05, 3.63) is 59.3 Å². The van der Waals surface area contributed by atoms with E-state index in [0.29, 0.717) is 25.4 Å². The smallest absolute Gasteiger partial charge is 0.326 e. The Morgan fingerprint density at radius 3 is 2.82 bits per heavy atom. The molecule has 0 bridgehead atoms. The second-order valence-corrected chi connectivity index (χ2v) is 11.1. The third-order valence-corrected chi connectivity index (χ3v) is 8.37. The predicted octanol–water partition coefficient (Wildman–Crippen LogP) is 3.32. The quantitative estimate of drug-likeness (QED) is 0.419. The monoisotopic (exact) mass is 519 g/mol. The average molecular weight is 520 g/mol. The molecule has 3 aliphatic rings. The Morgan fingerprint density at radius 2 is 1.97 bits per heavy atom. The van der Waals surface area contributed by atoms with E-state index in [9.17, 15) is 14.7 Å². The minimum Gasteiger partial charge on any atom is -0.480 e. The van der Waals surface area contributed by atoms with Gasteiger partial charge in [-0.2, -0.15) is 0 Å². The number of nitrogens with one attached hydrogen (secondary N) is 2. The first-order chi connectivity index (χ1) is 18.5. The molecule has 8 nitrogen and oxygen atoms in total. The van der Waals surface area contributed by atoms with Gasteiger partial charge in [-0.3, -0.25) is 9.69 Å². The van der Waals surface area contributed by atoms with Gasteiger partial charge in [-0.1, -0.05) is 36.4 Å². The Hall–Kier alpha value is -2.97. The lowest BCUT2D eigenvalue weighted by Crippen LogP contribution is -2.50. The van der Waals surface area contributed by atoms with Crippen LogP contribution in [-0.4, -0.2) is 76.6 Å². The summed E-state index contributed by atoms with van der Waals surface area (Å²) in [5, 5.41) is 16.1. The Morgan fingerprint density at radius 1 is 1.11 bits per heavy atom. The number of rotatable bonds is 11. The van der Waals surface area contributed by atoms with Crippen molar-refractivity contribution in [3.63, 3.8) is 0 Å². The highest BCUT2D eigenvalue weighted by Crippen LogP contribution is 2.25. The molecule has 2 fully saturated rings. The van der Waals surface area contributed by atoms with Crippen LogP contribution < -0.4 is 10.6 Å².